The van der Waals surface area contributed by atoms with E-state index in [1.807, 2.05) is 20.8 Å². The highest BCUT2D eigenvalue weighted by molar-refractivity contribution is 5.98. The van der Waals surface area contributed by atoms with Crippen molar-refractivity contribution in [3.8, 4) is 12.3 Å². The molecule has 4 heteroatoms. The number of benzene rings is 1. The van der Waals surface area contributed by atoms with Gasteiger partial charge in [-0.25, -0.2) is 4.79 Å². The molecule has 0 fully saturated rings. The zero-order chi connectivity index (χ0) is 17.0. The van der Waals surface area contributed by atoms with E-state index in [0.717, 1.165) is 0 Å². The Morgan fingerprint density at radius 1 is 1.32 bits per heavy atom. The molecule has 1 aromatic rings. The van der Waals surface area contributed by atoms with Crippen LogP contribution in [0.15, 0.2) is 48.2 Å². The molecule has 0 aliphatic rings. The molecule has 0 heterocycles. The largest absolute Gasteiger partial charge is 0.478 e. The summed E-state index contributed by atoms with van der Waals surface area (Å²) in [4.78, 5) is 22.9. The normalized spacial score (nSPS) is 10.4. The van der Waals surface area contributed by atoms with E-state index in [0.29, 0.717) is 12.1 Å². The lowest BCUT2D eigenvalue weighted by atomic mass is 10.1. The fourth-order valence-corrected chi connectivity index (χ4v) is 1.51. The molecule has 0 unspecified atom stereocenters. The van der Waals surface area contributed by atoms with Gasteiger partial charge in [0.25, 0.3) is 5.91 Å². The monoisotopic (exact) mass is 299 g/mol. The number of carbonyl (C=O) groups excluding carboxylic acids is 1. The maximum Gasteiger partial charge on any atom is 0.335 e. The topological polar surface area (TPSA) is 66.4 Å². The van der Waals surface area contributed by atoms with Crippen LogP contribution in [0.25, 0.3) is 0 Å². The number of nitrogens with one attached hydrogen (secondary N) is 1. The van der Waals surface area contributed by atoms with Crippen molar-refractivity contribution in [3.05, 3.63) is 59.3 Å². The van der Waals surface area contributed by atoms with Crippen LogP contribution in [0.5, 0.6) is 0 Å². The summed E-state index contributed by atoms with van der Waals surface area (Å²) < 4.78 is 0. The molecule has 0 saturated carbocycles. The lowest BCUT2D eigenvalue weighted by Gasteiger charge is -2.06. The molecule has 4 nitrogen and oxygen atoms in total. The number of terminal acetylenes is 1. The maximum absolute atomic E-state index is 12.0. The van der Waals surface area contributed by atoms with Crippen LogP contribution in [0.3, 0.4) is 0 Å². The third kappa shape index (κ3) is 6.58. The zero-order valence-electron chi connectivity index (χ0n) is 13.1. The van der Waals surface area contributed by atoms with Crippen molar-refractivity contribution in [1.82, 2.24) is 5.32 Å². The van der Waals surface area contributed by atoms with E-state index in [4.69, 9.17) is 11.5 Å². The molecule has 0 aliphatic carbocycles. The van der Waals surface area contributed by atoms with Gasteiger partial charge in [-0.15, -0.1) is 12.3 Å². The predicted molar refractivity (Wildman–Crippen MR) is 88.6 cm³/mol. The lowest BCUT2D eigenvalue weighted by molar-refractivity contribution is 0.0697. The summed E-state index contributed by atoms with van der Waals surface area (Å²) in [6, 6.07) is 5.83. The molecule has 0 radical (unpaired) electrons. The van der Waals surface area contributed by atoms with Crippen molar-refractivity contribution in [3.63, 3.8) is 0 Å². The van der Waals surface area contributed by atoms with Crippen LogP contribution in [-0.2, 0) is 0 Å². The molecule has 0 spiro atoms. The van der Waals surface area contributed by atoms with Gasteiger partial charge in [-0.05, 0) is 37.3 Å². The SMILES string of the molecule is C#CC/C=C(\C=C/C)NC(=O)c1cccc(C(=O)O)c1.CC. The number of aromatic carboxylic acids is 1. The van der Waals surface area contributed by atoms with Gasteiger partial charge in [-0.3, -0.25) is 4.79 Å². The predicted octanol–water partition coefficient (Wildman–Crippen LogP) is 3.62. The Hall–Kier alpha value is -2.80. The summed E-state index contributed by atoms with van der Waals surface area (Å²) in [5.74, 6) is 1.00. The number of allylic oxidation sites excluding steroid dienone is 3. The Bertz CT molecular complexity index is 607. The standard InChI is InChI=1S/C16H15NO3.C2H6/c1-3-5-10-14(7-4-2)17-15(18)12-8-6-9-13(11-12)16(19)20;1-2/h1,4,6-11H,5H2,2H3,(H,17,18)(H,19,20);1-2H3/b7-4-,14-10+;. The third-order valence-electron chi connectivity index (χ3n) is 2.42. The molecule has 1 rings (SSSR count). The second-order valence-electron chi connectivity index (χ2n) is 3.91. The number of amides is 1. The molecule has 0 bridgehead atoms. The zero-order valence-corrected chi connectivity index (χ0v) is 13.1. The van der Waals surface area contributed by atoms with Crippen molar-refractivity contribution in [1.29, 1.82) is 0 Å². The van der Waals surface area contributed by atoms with Crippen LogP contribution in [-0.4, -0.2) is 17.0 Å². The van der Waals surface area contributed by atoms with E-state index in [2.05, 4.69) is 11.2 Å². The highest BCUT2D eigenvalue weighted by Gasteiger charge is 2.09. The van der Waals surface area contributed by atoms with Crippen LogP contribution in [0.2, 0.25) is 0 Å². The number of carbonyl (C=O) groups is 2. The van der Waals surface area contributed by atoms with Gasteiger partial charge in [0.05, 0.1) is 5.56 Å². The first-order valence-corrected chi connectivity index (χ1v) is 6.99. The van der Waals surface area contributed by atoms with Gasteiger partial charge in [0.15, 0.2) is 0 Å². The van der Waals surface area contributed by atoms with E-state index >= 15 is 0 Å². The molecular formula is C18H21NO3. The summed E-state index contributed by atoms with van der Waals surface area (Å²) in [6.07, 6.45) is 10.8. The number of rotatable bonds is 5. The minimum atomic E-state index is -1.07. The van der Waals surface area contributed by atoms with Crippen LogP contribution >= 0.6 is 0 Å². The average molecular weight is 299 g/mol. The average Bonchev–Trinajstić information content (AvgIpc) is 2.54. The van der Waals surface area contributed by atoms with E-state index < -0.39 is 5.97 Å². The summed E-state index contributed by atoms with van der Waals surface area (Å²) in [5.41, 5.74) is 0.926. The second-order valence-corrected chi connectivity index (χ2v) is 3.91. The first-order chi connectivity index (χ1) is 10.6. The third-order valence-corrected chi connectivity index (χ3v) is 2.42. The van der Waals surface area contributed by atoms with Crippen molar-refractivity contribution in [2.24, 2.45) is 0 Å². The van der Waals surface area contributed by atoms with Gasteiger partial charge in [-0.1, -0.05) is 26.0 Å². The van der Waals surface area contributed by atoms with Crippen LogP contribution in [0, 0.1) is 12.3 Å². The Morgan fingerprint density at radius 3 is 2.50 bits per heavy atom. The first-order valence-electron chi connectivity index (χ1n) is 6.99. The van der Waals surface area contributed by atoms with Gasteiger partial charge in [0, 0.05) is 17.7 Å². The molecule has 22 heavy (non-hydrogen) atoms. The molecule has 1 amide bonds. The second kappa shape index (κ2) is 10.9. The van der Waals surface area contributed by atoms with Gasteiger partial charge in [0.2, 0.25) is 0 Å². The van der Waals surface area contributed by atoms with Crippen LogP contribution in [0.4, 0.5) is 0 Å². The molecule has 1 aromatic carbocycles. The highest BCUT2D eigenvalue weighted by atomic mass is 16.4. The smallest absolute Gasteiger partial charge is 0.335 e. The van der Waals surface area contributed by atoms with E-state index in [-0.39, 0.29) is 17.0 Å². The molecule has 2 N–H and O–H groups in total. The minimum absolute atomic E-state index is 0.0674. The summed E-state index contributed by atoms with van der Waals surface area (Å²) in [6.45, 7) is 5.82. The summed E-state index contributed by atoms with van der Waals surface area (Å²) in [5, 5.41) is 11.6. The molecule has 0 atom stereocenters. The Labute approximate surface area is 131 Å². The van der Waals surface area contributed by atoms with Gasteiger partial charge >= 0.3 is 5.97 Å². The fraction of sp³-hybridized carbons (Fsp3) is 0.222. The number of hydrogen-bond acceptors (Lipinski definition) is 2. The number of hydrogen-bond donors (Lipinski definition) is 2. The lowest BCUT2D eigenvalue weighted by Crippen LogP contribution is -2.22. The molecular weight excluding hydrogens is 278 g/mol. The van der Waals surface area contributed by atoms with Crippen LogP contribution < -0.4 is 5.32 Å². The molecule has 0 saturated heterocycles. The van der Waals surface area contributed by atoms with Gasteiger partial charge in [-0.2, -0.15) is 0 Å². The summed E-state index contributed by atoms with van der Waals surface area (Å²) >= 11 is 0. The highest BCUT2D eigenvalue weighted by Crippen LogP contribution is 2.07. The van der Waals surface area contributed by atoms with Crippen molar-refractivity contribution in [2.45, 2.75) is 27.2 Å². The van der Waals surface area contributed by atoms with E-state index in [1.165, 1.54) is 18.2 Å². The maximum atomic E-state index is 12.0. The molecule has 0 aliphatic heterocycles. The van der Waals surface area contributed by atoms with Crippen molar-refractivity contribution < 1.29 is 14.7 Å². The van der Waals surface area contributed by atoms with Crippen molar-refractivity contribution >= 4 is 11.9 Å². The van der Waals surface area contributed by atoms with E-state index in [1.54, 1.807) is 24.3 Å². The number of carboxylic acids is 1. The van der Waals surface area contributed by atoms with Crippen LogP contribution in [0.1, 0.15) is 47.9 Å². The fourth-order valence-electron chi connectivity index (χ4n) is 1.51. The first kappa shape index (κ1) is 19.2. The Balaban J connectivity index is 0.00000211. The quantitative estimate of drug-likeness (QED) is 0.644. The Morgan fingerprint density at radius 2 is 1.95 bits per heavy atom. The Kier molecular flexibility index (Phi) is 9.53. The summed E-state index contributed by atoms with van der Waals surface area (Å²) in [7, 11) is 0. The molecule has 116 valence electrons. The van der Waals surface area contributed by atoms with Gasteiger partial charge in [0.1, 0.15) is 0 Å². The number of carboxylic acid groups (broad SMARTS) is 1. The van der Waals surface area contributed by atoms with E-state index in [9.17, 15) is 9.59 Å². The minimum Gasteiger partial charge on any atom is -0.478 e. The van der Waals surface area contributed by atoms with Crippen molar-refractivity contribution in [2.75, 3.05) is 0 Å². The molecule has 0 aromatic heterocycles. The van der Waals surface area contributed by atoms with Gasteiger partial charge < -0.3 is 10.4 Å².